The average molecular weight is 1110 g/mol. The molecule has 0 spiro atoms. The van der Waals surface area contributed by atoms with Crippen molar-refractivity contribution in [1.29, 1.82) is 0 Å². The molecule has 0 bridgehead atoms. The van der Waals surface area contributed by atoms with E-state index >= 15 is 0 Å². The van der Waals surface area contributed by atoms with Crippen LogP contribution in [0.2, 0.25) is 0 Å². The number of aliphatic hydroxyl groups is 3. The SMILES string of the molecule is C1CCOC1.CO.CO.CO.C[C-]1CCCC1.C[C-]1CCCC1.[C-]#[O+].[C-]#[O+].[C-]#[O+].[C-]#[O+].[C-]#[O+].[CH-]=O.[CH-]=O.[CH-]=O.[CH-]=O.[CH-]=O.[CH-]=O.[H-].[Mn+3].[Mn].[Na+].[Ru+2].[Ru+3][I]. The summed E-state index contributed by atoms with van der Waals surface area (Å²) in [6, 6.07) is 0. The van der Waals surface area contributed by atoms with Crippen molar-refractivity contribution in [2.24, 2.45) is 0 Å². The Balaban J connectivity index is -0.0000000119. The van der Waals surface area contributed by atoms with Gasteiger partial charge in [0.15, 0.2) is 0 Å². The maximum absolute atomic E-state index is 7.75. The monoisotopic (exact) mass is 1110 g/mol. The first-order chi connectivity index (χ1) is 23.3. The van der Waals surface area contributed by atoms with Gasteiger partial charge >= 0.3 is 157 Å². The van der Waals surface area contributed by atoms with E-state index in [0.29, 0.717) is 0 Å². The van der Waals surface area contributed by atoms with Gasteiger partial charge in [0.05, 0.1) is 0 Å². The summed E-state index contributed by atoms with van der Waals surface area (Å²) in [7, 11) is 3.00. The van der Waals surface area contributed by atoms with Crippen molar-refractivity contribution < 1.29 is 171 Å². The molecular formula is C30H49IMn2NaO15Ru2. The summed E-state index contributed by atoms with van der Waals surface area (Å²) in [4.78, 5) is 46.5. The van der Waals surface area contributed by atoms with Gasteiger partial charge in [0.2, 0.25) is 0 Å². The molecule has 3 fully saturated rings. The van der Waals surface area contributed by atoms with Crippen molar-refractivity contribution in [3.05, 3.63) is 45.1 Å². The summed E-state index contributed by atoms with van der Waals surface area (Å²) in [6.07, 6.45) is 14.0. The van der Waals surface area contributed by atoms with Gasteiger partial charge in [0, 0.05) is 51.6 Å². The molecule has 1 aliphatic heterocycles. The van der Waals surface area contributed by atoms with Crippen molar-refractivity contribution in [1.82, 2.24) is 0 Å². The molecule has 1 saturated heterocycles. The van der Waals surface area contributed by atoms with Gasteiger partial charge in [0.1, 0.15) is 0 Å². The van der Waals surface area contributed by atoms with Gasteiger partial charge in [-0.15, -0.1) is 0 Å². The first-order valence-corrected chi connectivity index (χ1v) is 16.6. The second kappa shape index (κ2) is 324. The molecule has 1 heterocycles. The van der Waals surface area contributed by atoms with Crippen LogP contribution in [0.1, 0.15) is 79.5 Å². The Hall–Kier alpha value is 0.576. The summed E-state index contributed by atoms with van der Waals surface area (Å²) in [6.45, 7) is 48.5. The van der Waals surface area contributed by atoms with Crippen LogP contribution in [-0.2, 0) is 125 Å². The summed E-state index contributed by atoms with van der Waals surface area (Å²) < 4.78 is 42.4. The minimum atomic E-state index is 0. The summed E-state index contributed by atoms with van der Waals surface area (Å²) >= 11 is 4.40. The molecule has 1 radical (unpaired) electrons. The summed E-state index contributed by atoms with van der Waals surface area (Å²) in [5.41, 5.74) is 0. The maximum atomic E-state index is 7.75. The van der Waals surface area contributed by atoms with Crippen LogP contribution < -0.4 is 29.6 Å². The zero-order valence-electron chi connectivity index (χ0n) is 30.5. The molecule has 3 aliphatic rings. The molecule has 0 aromatic heterocycles. The zero-order chi connectivity index (χ0) is 42.3. The fourth-order valence-electron chi connectivity index (χ4n) is 2.47. The molecule has 3 N–H and O–H groups in total. The Labute approximate surface area is 385 Å². The van der Waals surface area contributed by atoms with Crippen molar-refractivity contribution in [3.63, 3.8) is 0 Å². The minimum absolute atomic E-state index is 0. The van der Waals surface area contributed by atoms with Crippen LogP contribution in [0.4, 0.5) is 0 Å². The van der Waals surface area contributed by atoms with Crippen molar-refractivity contribution >= 4 is 60.5 Å². The third-order valence-electron chi connectivity index (χ3n) is 3.74. The number of halogens is 1. The van der Waals surface area contributed by atoms with Gasteiger partial charge in [0.25, 0.3) is 0 Å². The molecular weight excluding hydrogens is 1060 g/mol. The quantitative estimate of drug-likeness (QED) is 0.0968. The molecule has 0 unspecified atom stereocenters. The van der Waals surface area contributed by atoms with Crippen LogP contribution in [-0.4, -0.2) is 90.6 Å². The van der Waals surface area contributed by atoms with Crippen LogP contribution in [0.25, 0.3) is 0 Å². The van der Waals surface area contributed by atoms with Crippen molar-refractivity contribution in [3.8, 4) is 0 Å². The predicted molar refractivity (Wildman–Crippen MR) is 175 cm³/mol. The molecule has 2 aliphatic carbocycles. The van der Waals surface area contributed by atoms with E-state index in [0.717, 1.165) is 34.5 Å². The number of carbonyl (C=O) groups excluding carboxylic acids is 6. The first-order valence-electron chi connectivity index (χ1n) is 11.4. The van der Waals surface area contributed by atoms with E-state index < -0.39 is 0 Å². The number of rotatable bonds is 0. The molecule has 0 aromatic carbocycles. The Kier molecular flexibility index (Phi) is 791. The first kappa shape index (κ1) is 124. The number of hydrogen-bond donors (Lipinski definition) is 3. The van der Waals surface area contributed by atoms with E-state index in [1.54, 1.807) is 11.8 Å². The van der Waals surface area contributed by atoms with E-state index in [1.807, 2.05) is 0 Å². The molecule has 297 valence electrons. The van der Waals surface area contributed by atoms with Gasteiger partial charge in [-0.05, 0) is 12.8 Å². The molecule has 2 saturated carbocycles. The summed E-state index contributed by atoms with van der Waals surface area (Å²) in [5.74, 6) is 3.41. The van der Waals surface area contributed by atoms with E-state index in [1.165, 1.54) is 64.2 Å². The number of hydrogen-bond acceptors (Lipinski definition) is 10. The molecule has 0 amide bonds. The fourth-order valence-corrected chi connectivity index (χ4v) is 2.47. The van der Waals surface area contributed by atoms with E-state index in [2.05, 4.69) is 122 Å². The van der Waals surface area contributed by atoms with E-state index in [9.17, 15) is 0 Å². The molecule has 3 rings (SSSR count). The molecule has 51 heavy (non-hydrogen) atoms. The van der Waals surface area contributed by atoms with Crippen LogP contribution in [0.3, 0.4) is 0 Å². The van der Waals surface area contributed by atoms with Gasteiger partial charge < -0.3 is 62.1 Å². The van der Waals surface area contributed by atoms with E-state index in [4.69, 9.17) is 72.1 Å². The van der Waals surface area contributed by atoms with Gasteiger partial charge in [-0.1, -0.05) is 25.7 Å². The number of ether oxygens (including phenoxy) is 1. The van der Waals surface area contributed by atoms with Gasteiger partial charge in [-0.3, -0.25) is 40.7 Å². The Bertz CT molecular complexity index is 401. The zero-order valence-corrected chi connectivity index (χ0v) is 39.5. The molecule has 0 aromatic rings. The van der Waals surface area contributed by atoms with Crippen LogP contribution in [0, 0.1) is 45.1 Å². The molecule has 0 atom stereocenters. The van der Waals surface area contributed by atoms with Gasteiger partial charge in [-0.2, -0.15) is 39.5 Å². The molecule has 15 nitrogen and oxygen atoms in total. The van der Waals surface area contributed by atoms with Crippen LogP contribution >= 0.6 is 19.8 Å². The Morgan fingerprint density at radius 2 is 0.627 bits per heavy atom. The number of aliphatic hydroxyl groups excluding tert-OH is 3. The normalized spacial score (nSPS) is 9.47. The second-order valence-electron chi connectivity index (χ2n) is 5.65. The van der Waals surface area contributed by atoms with Crippen LogP contribution in [0.5, 0.6) is 0 Å². The van der Waals surface area contributed by atoms with Crippen molar-refractivity contribution in [2.45, 2.75) is 78.1 Å². The third kappa shape index (κ3) is 311. The van der Waals surface area contributed by atoms with Crippen molar-refractivity contribution in [2.75, 3.05) is 34.5 Å². The topological polar surface area (TPSA) is 272 Å². The van der Waals surface area contributed by atoms with E-state index in [-0.39, 0.29) is 84.6 Å². The van der Waals surface area contributed by atoms with Crippen LogP contribution in [0.15, 0.2) is 0 Å². The Morgan fingerprint density at radius 1 is 0.510 bits per heavy atom. The second-order valence-corrected chi connectivity index (χ2v) is 5.65. The summed E-state index contributed by atoms with van der Waals surface area (Å²) in [5, 5.41) is 21.0. The Morgan fingerprint density at radius 3 is 0.667 bits per heavy atom. The average Bonchev–Trinajstić information content (AvgIpc) is 4.08. The van der Waals surface area contributed by atoms with Gasteiger partial charge in [-0.25, -0.2) is 0 Å². The molecule has 21 heteroatoms. The standard InChI is InChI=1S/2C6H11.C4H8O.3CH4O.6CHO.5CO.HI.2Mn.Na.2Ru.H/c2*1-6-4-2-3-5-6;1-2-4-5-3-1;14*1-2;;;;;;;/h2*2-5H2,1H3;1-4H2;3*2H,1H3;6*1H;;;;;;1H;;;;;;/q2*-1;;;;;6*-1;;;;;;;;+3;+1;+2;+4;-1/p-1. The fraction of sp³-hybridized carbons (Fsp3) is 0.567. The third-order valence-corrected chi connectivity index (χ3v) is 3.74. The predicted octanol–water partition coefficient (Wildman–Crippen LogP) is 0.0919.